The maximum atomic E-state index is 12.3. The first-order valence-electron chi connectivity index (χ1n) is 11.6. The Morgan fingerprint density at radius 3 is 2.56 bits per heavy atom. The highest BCUT2D eigenvalue weighted by Gasteiger charge is 2.28. The first-order valence-corrected chi connectivity index (χ1v) is 12.4. The van der Waals surface area contributed by atoms with Gasteiger partial charge in [0.15, 0.2) is 0 Å². The molecule has 4 rings (SSSR count). The van der Waals surface area contributed by atoms with Crippen molar-refractivity contribution in [2.75, 3.05) is 13.1 Å². The van der Waals surface area contributed by atoms with Gasteiger partial charge in [-0.15, -0.1) is 0 Å². The Balaban J connectivity index is 1.39. The molecular weight excluding hydrogens is 484 g/mol. The second kappa shape index (κ2) is 10.6. The van der Waals surface area contributed by atoms with E-state index in [0.717, 1.165) is 11.8 Å². The summed E-state index contributed by atoms with van der Waals surface area (Å²) >= 11 is 0.858. The van der Waals surface area contributed by atoms with Gasteiger partial charge in [0.05, 0.1) is 10.5 Å². The predicted molar refractivity (Wildman–Crippen MR) is 134 cm³/mol. The topological polar surface area (TPSA) is 120 Å². The van der Waals surface area contributed by atoms with Gasteiger partial charge in [0.1, 0.15) is 23.8 Å². The minimum Gasteiger partial charge on any atom is -0.474 e. The number of hydrogen-bond donors (Lipinski definition) is 1. The van der Waals surface area contributed by atoms with E-state index in [-0.39, 0.29) is 12.2 Å². The van der Waals surface area contributed by atoms with E-state index >= 15 is 0 Å². The number of aromatic nitrogens is 2. The Kier molecular flexibility index (Phi) is 7.48. The number of hydrogen-bond acceptors (Lipinski definition) is 9. The largest absolute Gasteiger partial charge is 0.474 e. The van der Waals surface area contributed by atoms with Gasteiger partial charge in [-0.25, -0.2) is 14.8 Å². The minimum atomic E-state index is -0.529. The van der Waals surface area contributed by atoms with Gasteiger partial charge in [0, 0.05) is 25.9 Å². The molecule has 0 saturated carbocycles. The smallest absolute Gasteiger partial charge is 0.410 e. The van der Waals surface area contributed by atoms with Crippen LogP contribution in [0, 0.1) is 6.92 Å². The van der Waals surface area contributed by atoms with Crippen LogP contribution in [0.25, 0.3) is 6.08 Å². The van der Waals surface area contributed by atoms with Gasteiger partial charge in [-0.3, -0.25) is 14.9 Å². The number of nitrogens with one attached hydrogen (secondary N) is 1. The third-order valence-electron chi connectivity index (χ3n) is 5.38. The number of carbonyl (C=O) groups is 3. The van der Waals surface area contributed by atoms with Crippen molar-refractivity contribution in [3.63, 3.8) is 0 Å². The highest BCUT2D eigenvalue weighted by atomic mass is 32.2. The van der Waals surface area contributed by atoms with Crippen LogP contribution in [0.2, 0.25) is 0 Å². The van der Waals surface area contributed by atoms with Crippen molar-refractivity contribution in [3.05, 3.63) is 46.6 Å². The quantitative estimate of drug-likeness (QED) is 0.569. The van der Waals surface area contributed by atoms with Gasteiger partial charge in [-0.05, 0) is 63.2 Å². The van der Waals surface area contributed by atoms with Crippen LogP contribution in [-0.2, 0) is 9.53 Å². The van der Waals surface area contributed by atoms with Crippen molar-refractivity contribution in [2.45, 2.75) is 52.2 Å². The lowest BCUT2D eigenvalue weighted by Crippen LogP contribution is -2.44. The van der Waals surface area contributed by atoms with Crippen molar-refractivity contribution in [2.24, 2.45) is 0 Å². The number of amides is 3. The van der Waals surface area contributed by atoms with Gasteiger partial charge in [0.2, 0.25) is 11.8 Å². The molecule has 11 heteroatoms. The molecule has 2 fully saturated rings. The molecule has 1 aromatic carbocycles. The summed E-state index contributed by atoms with van der Waals surface area (Å²) < 4.78 is 17.6. The molecule has 2 aliphatic rings. The number of thioether (sulfide) groups is 1. The van der Waals surface area contributed by atoms with E-state index in [2.05, 4.69) is 15.3 Å². The van der Waals surface area contributed by atoms with Crippen LogP contribution in [0.15, 0.2) is 35.5 Å². The second-order valence-corrected chi connectivity index (χ2v) is 10.4. The molecule has 0 atom stereocenters. The number of rotatable bonds is 5. The zero-order chi connectivity index (χ0) is 25.9. The summed E-state index contributed by atoms with van der Waals surface area (Å²) in [6.45, 7) is 8.44. The zero-order valence-electron chi connectivity index (χ0n) is 20.6. The Morgan fingerprint density at radius 1 is 1.17 bits per heavy atom. The summed E-state index contributed by atoms with van der Waals surface area (Å²) in [5.74, 6) is 0.866. The molecule has 0 bridgehead atoms. The van der Waals surface area contributed by atoms with E-state index in [1.807, 2.05) is 33.8 Å². The lowest BCUT2D eigenvalue weighted by Gasteiger charge is -2.33. The molecule has 1 N–H and O–H groups in total. The Morgan fingerprint density at radius 2 is 1.89 bits per heavy atom. The fourth-order valence-corrected chi connectivity index (χ4v) is 4.32. The number of nitrogens with zero attached hydrogens (tertiary/aromatic N) is 3. The van der Waals surface area contributed by atoms with Crippen molar-refractivity contribution < 1.29 is 28.6 Å². The molecule has 0 radical (unpaired) electrons. The van der Waals surface area contributed by atoms with Crippen LogP contribution in [0.1, 0.15) is 44.7 Å². The molecule has 2 saturated heterocycles. The van der Waals surface area contributed by atoms with E-state index in [1.54, 1.807) is 29.2 Å². The number of likely N-dealkylation sites (tertiary alicyclic amines) is 1. The molecule has 2 aliphatic heterocycles. The van der Waals surface area contributed by atoms with Crippen LogP contribution in [0.4, 0.5) is 9.59 Å². The summed E-state index contributed by atoms with van der Waals surface area (Å²) in [5.41, 5.74) is 0.824. The highest BCUT2D eigenvalue weighted by Crippen LogP contribution is 2.31. The Bertz CT molecular complexity index is 1200. The van der Waals surface area contributed by atoms with Crippen molar-refractivity contribution in [1.29, 1.82) is 0 Å². The number of carbonyl (C=O) groups excluding carboxylic acids is 3. The van der Waals surface area contributed by atoms with E-state index in [0.29, 0.717) is 59.5 Å². The molecule has 190 valence electrons. The first-order chi connectivity index (χ1) is 17.1. The summed E-state index contributed by atoms with van der Waals surface area (Å²) in [4.78, 5) is 46.0. The normalized spacial score (nSPS) is 17.8. The highest BCUT2D eigenvalue weighted by molar-refractivity contribution is 8.18. The van der Waals surface area contributed by atoms with Crippen LogP contribution in [-0.4, -0.2) is 56.9 Å². The van der Waals surface area contributed by atoms with Gasteiger partial charge in [-0.1, -0.05) is 12.1 Å². The maximum absolute atomic E-state index is 12.3. The molecule has 3 heterocycles. The van der Waals surface area contributed by atoms with Gasteiger partial charge in [0.25, 0.3) is 11.1 Å². The number of ether oxygens (including phenoxy) is 3. The maximum Gasteiger partial charge on any atom is 0.410 e. The third kappa shape index (κ3) is 6.54. The van der Waals surface area contributed by atoms with E-state index in [1.165, 1.54) is 6.33 Å². The molecule has 0 spiro atoms. The van der Waals surface area contributed by atoms with E-state index < -0.39 is 16.7 Å². The molecule has 1 aromatic heterocycles. The summed E-state index contributed by atoms with van der Waals surface area (Å²) in [5, 5.41) is 1.84. The molecule has 2 aromatic rings. The molecule has 10 nitrogen and oxygen atoms in total. The average Bonchev–Trinajstić information content (AvgIpc) is 3.12. The lowest BCUT2D eigenvalue weighted by atomic mass is 10.1. The standard InChI is InChI=1S/C25H28N4O6S/c1-15-21(33-17-8-10-29(11-9-17)24(32)35-25(2,3)4)26-14-27-22(15)34-18-7-5-6-16(12-18)13-19-20(30)28-23(31)36-19/h5-7,12-14,17H,8-11H2,1-4H3,(H,28,30,31)/b19-13+. The third-order valence-corrected chi connectivity index (χ3v) is 6.19. The van der Waals surface area contributed by atoms with Crippen LogP contribution in [0.3, 0.4) is 0 Å². The van der Waals surface area contributed by atoms with Crippen LogP contribution in [0.5, 0.6) is 17.5 Å². The fourth-order valence-electron chi connectivity index (χ4n) is 3.63. The monoisotopic (exact) mass is 512 g/mol. The fraction of sp³-hybridized carbons (Fsp3) is 0.400. The van der Waals surface area contributed by atoms with E-state index in [4.69, 9.17) is 14.2 Å². The Hall–Kier alpha value is -3.60. The van der Waals surface area contributed by atoms with Gasteiger partial charge < -0.3 is 19.1 Å². The second-order valence-electron chi connectivity index (χ2n) is 9.42. The Labute approximate surface area is 213 Å². The summed E-state index contributed by atoms with van der Waals surface area (Å²) in [6.07, 6.45) is 3.91. The zero-order valence-corrected chi connectivity index (χ0v) is 21.4. The van der Waals surface area contributed by atoms with Gasteiger partial charge in [-0.2, -0.15) is 0 Å². The minimum absolute atomic E-state index is 0.0992. The van der Waals surface area contributed by atoms with Gasteiger partial charge >= 0.3 is 6.09 Å². The predicted octanol–water partition coefficient (Wildman–Crippen LogP) is 4.68. The molecule has 0 aliphatic carbocycles. The van der Waals surface area contributed by atoms with Crippen LogP contribution < -0.4 is 14.8 Å². The number of piperidine rings is 1. The number of imide groups is 1. The molecular formula is C25H28N4O6S. The van der Waals surface area contributed by atoms with Crippen molar-refractivity contribution >= 4 is 35.1 Å². The molecule has 36 heavy (non-hydrogen) atoms. The number of benzene rings is 1. The van der Waals surface area contributed by atoms with Crippen molar-refractivity contribution in [3.8, 4) is 17.5 Å². The lowest BCUT2D eigenvalue weighted by molar-refractivity contribution is -0.115. The SMILES string of the molecule is Cc1c(Oc2cccc(/C=C3/SC(=O)NC3=O)c2)ncnc1OC1CCN(C(=O)OC(C)(C)C)CC1. The molecule has 3 amide bonds. The van der Waals surface area contributed by atoms with E-state index in [9.17, 15) is 14.4 Å². The van der Waals surface area contributed by atoms with Crippen LogP contribution >= 0.6 is 11.8 Å². The first kappa shape index (κ1) is 25.5. The average molecular weight is 513 g/mol. The summed E-state index contributed by atoms with van der Waals surface area (Å²) in [6, 6.07) is 7.11. The van der Waals surface area contributed by atoms with Crippen molar-refractivity contribution in [1.82, 2.24) is 20.2 Å². The molecule has 0 unspecified atom stereocenters. The summed E-state index contributed by atoms with van der Waals surface area (Å²) in [7, 11) is 0.